The fraction of sp³-hybridized carbons (Fsp3) is 0.500. The number of aryl methyl sites for hydroxylation is 1. The molecular formula is C12H14F3NO. The van der Waals surface area contributed by atoms with Crippen LogP contribution in [-0.2, 0) is 6.18 Å². The molecular weight excluding hydrogens is 231 g/mol. The molecule has 1 rings (SSSR count). The largest absolute Gasteiger partial charge is 0.417 e. The molecule has 5 heteroatoms. The van der Waals surface area contributed by atoms with Crippen molar-refractivity contribution in [2.24, 2.45) is 5.92 Å². The molecule has 1 aromatic rings. The number of aromatic nitrogens is 1. The maximum Gasteiger partial charge on any atom is 0.417 e. The minimum Gasteiger partial charge on any atom is -0.292 e. The molecule has 0 unspecified atom stereocenters. The third-order valence-corrected chi connectivity index (χ3v) is 2.26. The van der Waals surface area contributed by atoms with E-state index in [0.717, 1.165) is 6.07 Å². The molecule has 2 nitrogen and oxygen atoms in total. The van der Waals surface area contributed by atoms with Crippen molar-refractivity contribution in [3.8, 4) is 0 Å². The summed E-state index contributed by atoms with van der Waals surface area (Å²) in [7, 11) is 0. The molecule has 0 aliphatic rings. The minimum atomic E-state index is -4.42. The summed E-state index contributed by atoms with van der Waals surface area (Å²) in [6, 6.07) is 0.959. The third kappa shape index (κ3) is 3.54. The number of carbonyl (C=O) groups is 1. The van der Waals surface area contributed by atoms with Gasteiger partial charge in [-0.05, 0) is 24.5 Å². The Labute approximate surface area is 97.9 Å². The highest BCUT2D eigenvalue weighted by atomic mass is 19.4. The van der Waals surface area contributed by atoms with E-state index in [1.54, 1.807) is 0 Å². The molecule has 0 N–H and O–H groups in total. The van der Waals surface area contributed by atoms with Crippen LogP contribution >= 0.6 is 0 Å². The van der Waals surface area contributed by atoms with Gasteiger partial charge in [-0.25, -0.2) is 0 Å². The first-order chi connectivity index (χ1) is 7.71. The molecule has 1 aromatic heterocycles. The predicted molar refractivity (Wildman–Crippen MR) is 57.8 cm³/mol. The number of hydrogen-bond acceptors (Lipinski definition) is 2. The number of pyridine rings is 1. The lowest BCUT2D eigenvalue weighted by Gasteiger charge is -2.10. The van der Waals surface area contributed by atoms with Crippen LogP contribution in [0.3, 0.4) is 0 Å². The van der Waals surface area contributed by atoms with Crippen LogP contribution in [0.1, 0.15) is 41.9 Å². The summed E-state index contributed by atoms with van der Waals surface area (Å²) >= 11 is 0. The van der Waals surface area contributed by atoms with Crippen molar-refractivity contribution in [3.63, 3.8) is 0 Å². The van der Waals surface area contributed by atoms with Crippen LogP contribution in [-0.4, -0.2) is 10.8 Å². The summed E-state index contributed by atoms with van der Waals surface area (Å²) in [6.45, 7) is 5.21. The smallest absolute Gasteiger partial charge is 0.292 e. The van der Waals surface area contributed by atoms with Crippen molar-refractivity contribution in [1.29, 1.82) is 0 Å². The number of hydrogen-bond donors (Lipinski definition) is 0. The van der Waals surface area contributed by atoms with Gasteiger partial charge < -0.3 is 0 Å². The Kier molecular flexibility index (Phi) is 3.91. The molecule has 0 spiro atoms. The number of Topliss-reactive ketones (excluding diaryl/α,β-unsaturated/α-hetero) is 1. The first-order valence-corrected chi connectivity index (χ1v) is 5.29. The molecule has 0 aliphatic carbocycles. The standard InChI is InChI=1S/C12H14F3NO/c1-7(2)4-10(17)11-8(3)5-9(6-16-11)12(13,14)15/h5-7H,4H2,1-3H3. The lowest BCUT2D eigenvalue weighted by molar-refractivity contribution is -0.137. The molecule has 0 aromatic carbocycles. The predicted octanol–water partition coefficient (Wildman–Crippen LogP) is 3.64. The Balaban J connectivity index is 3.02. The highest BCUT2D eigenvalue weighted by molar-refractivity contribution is 5.95. The second-order valence-electron chi connectivity index (χ2n) is 4.41. The fourth-order valence-corrected chi connectivity index (χ4v) is 1.49. The van der Waals surface area contributed by atoms with Crippen LogP contribution in [0.25, 0.3) is 0 Å². The van der Waals surface area contributed by atoms with Crippen LogP contribution in [0, 0.1) is 12.8 Å². The van der Waals surface area contributed by atoms with Gasteiger partial charge in [0.2, 0.25) is 0 Å². The number of carbonyl (C=O) groups excluding carboxylic acids is 1. The molecule has 0 fully saturated rings. The van der Waals surface area contributed by atoms with E-state index < -0.39 is 11.7 Å². The third-order valence-electron chi connectivity index (χ3n) is 2.26. The van der Waals surface area contributed by atoms with Crippen molar-refractivity contribution in [2.75, 3.05) is 0 Å². The normalized spacial score (nSPS) is 11.9. The van der Waals surface area contributed by atoms with Gasteiger partial charge in [0, 0.05) is 12.6 Å². The fourth-order valence-electron chi connectivity index (χ4n) is 1.49. The maximum atomic E-state index is 12.4. The summed E-state index contributed by atoms with van der Waals surface area (Å²) in [4.78, 5) is 15.3. The van der Waals surface area contributed by atoms with Gasteiger partial charge in [0.05, 0.1) is 5.56 Å². The van der Waals surface area contributed by atoms with Crippen molar-refractivity contribution in [2.45, 2.75) is 33.4 Å². The van der Waals surface area contributed by atoms with Gasteiger partial charge >= 0.3 is 6.18 Å². The maximum absolute atomic E-state index is 12.4. The Morgan fingerprint density at radius 3 is 2.41 bits per heavy atom. The zero-order chi connectivity index (χ0) is 13.2. The Morgan fingerprint density at radius 2 is 2.00 bits per heavy atom. The van der Waals surface area contributed by atoms with Crippen molar-refractivity contribution >= 4 is 5.78 Å². The highest BCUT2D eigenvalue weighted by Gasteiger charge is 2.31. The number of halogens is 3. The van der Waals surface area contributed by atoms with Gasteiger partial charge in [0.25, 0.3) is 0 Å². The first kappa shape index (κ1) is 13.7. The number of alkyl halides is 3. The van der Waals surface area contributed by atoms with Gasteiger partial charge in [-0.1, -0.05) is 13.8 Å². The van der Waals surface area contributed by atoms with Crippen molar-refractivity contribution in [1.82, 2.24) is 4.98 Å². The lowest BCUT2D eigenvalue weighted by atomic mass is 10.0. The molecule has 0 atom stereocenters. The van der Waals surface area contributed by atoms with Gasteiger partial charge in [-0.2, -0.15) is 13.2 Å². The summed E-state index contributed by atoms with van der Waals surface area (Å²) in [5.41, 5.74) is -0.423. The van der Waals surface area contributed by atoms with E-state index in [-0.39, 0.29) is 23.0 Å². The SMILES string of the molecule is Cc1cc(C(F)(F)F)cnc1C(=O)CC(C)C. The quantitative estimate of drug-likeness (QED) is 0.761. The van der Waals surface area contributed by atoms with E-state index in [9.17, 15) is 18.0 Å². The van der Waals surface area contributed by atoms with E-state index in [4.69, 9.17) is 0 Å². The van der Waals surface area contributed by atoms with E-state index in [0.29, 0.717) is 12.6 Å². The lowest BCUT2D eigenvalue weighted by Crippen LogP contribution is -2.12. The number of nitrogens with zero attached hydrogens (tertiary/aromatic N) is 1. The molecule has 0 saturated heterocycles. The van der Waals surface area contributed by atoms with Crippen molar-refractivity contribution in [3.05, 3.63) is 29.1 Å². The van der Waals surface area contributed by atoms with Crippen LogP contribution in [0.2, 0.25) is 0 Å². The Bertz CT molecular complexity index is 424. The zero-order valence-electron chi connectivity index (χ0n) is 9.93. The second kappa shape index (κ2) is 4.85. The topological polar surface area (TPSA) is 30.0 Å². The minimum absolute atomic E-state index is 0.131. The average Bonchev–Trinajstić information content (AvgIpc) is 2.14. The molecule has 0 bridgehead atoms. The van der Waals surface area contributed by atoms with E-state index >= 15 is 0 Å². The van der Waals surface area contributed by atoms with Crippen LogP contribution in [0.15, 0.2) is 12.3 Å². The molecule has 1 heterocycles. The summed E-state index contributed by atoms with van der Waals surface area (Å²) in [6.07, 6.45) is -3.42. The summed E-state index contributed by atoms with van der Waals surface area (Å²) in [5.74, 6) is -0.0581. The summed E-state index contributed by atoms with van der Waals surface area (Å²) in [5, 5.41) is 0. The molecule has 17 heavy (non-hydrogen) atoms. The number of rotatable bonds is 3. The average molecular weight is 245 g/mol. The second-order valence-corrected chi connectivity index (χ2v) is 4.41. The highest BCUT2D eigenvalue weighted by Crippen LogP contribution is 2.29. The number of ketones is 1. The molecule has 0 amide bonds. The molecule has 94 valence electrons. The molecule has 0 radical (unpaired) electrons. The van der Waals surface area contributed by atoms with E-state index in [1.807, 2.05) is 13.8 Å². The van der Waals surface area contributed by atoms with E-state index in [1.165, 1.54) is 6.92 Å². The van der Waals surface area contributed by atoms with Gasteiger partial charge in [0.1, 0.15) is 5.69 Å². The summed E-state index contributed by atoms with van der Waals surface area (Å²) < 4.78 is 37.2. The Morgan fingerprint density at radius 1 is 1.41 bits per heavy atom. The Hall–Kier alpha value is -1.39. The zero-order valence-corrected chi connectivity index (χ0v) is 9.93. The van der Waals surface area contributed by atoms with Gasteiger partial charge in [0.15, 0.2) is 5.78 Å². The van der Waals surface area contributed by atoms with Gasteiger partial charge in [-0.3, -0.25) is 9.78 Å². The first-order valence-electron chi connectivity index (χ1n) is 5.29. The molecule has 0 saturated carbocycles. The molecule has 0 aliphatic heterocycles. The van der Waals surface area contributed by atoms with Crippen LogP contribution in [0.4, 0.5) is 13.2 Å². The van der Waals surface area contributed by atoms with Crippen LogP contribution < -0.4 is 0 Å². The van der Waals surface area contributed by atoms with E-state index in [2.05, 4.69) is 4.98 Å². The van der Waals surface area contributed by atoms with Crippen molar-refractivity contribution < 1.29 is 18.0 Å². The monoisotopic (exact) mass is 245 g/mol. The van der Waals surface area contributed by atoms with Gasteiger partial charge in [-0.15, -0.1) is 0 Å². The van der Waals surface area contributed by atoms with Crippen LogP contribution in [0.5, 0.6) is 0 Å².